The number of carbonyl (C=O) groups excluding carboxylic acids is 1. The smallest absolute Gasteiger partial charge is 0.219 e. The van der Waals surface area contributed by atoms with E-state index in [0.717, 1.165) is 6.42 Å². The lowest BCUT2D eigenvalue weighted by Crippen LogP contribution is -2.26. The minimum Gasteiger partial charge on any atom is -0.356 e. The van der Waals surface area contributed by atoms with Crippen molar-refractivity contribution in [3.63, 3.8) is 0 Å². The monoisotopic (exact) mass is 191 g/mol. The van der Waals surface area contributed by atoms with Crippen LogP contribution in [-0.2, 0) is 15.6 Å². The van der Waals surface area contributed by atoms with Gasteiger partial charge in [-0.15, -0.1) is 0 Å². The van der Waals surface area contributed by atoms with Crippen LogP contribution in [0.5, 0.6) is 0 Å². The Bertz CT molecular complexity index is 170. The molecule has 1 amide bonds. The maximum Gasteiger partial charge on any atom is 0.219 e. The van der Waals surface area contributed by atoms with Gasteiger partial charge in [0.25, 0.3) is 0 Å². The van der Waals surface area contributed by atoms with Crippen molar-refractivity contribution < 1.29 is 9.00 Å². The zero-order valence-electron chi connectivity index (χ0n) is 7.92. The van der Waals surface area contributed by atoms with E-state index in [2.05, 4.69) is 5.32 Å². The van der Waals surface area contributed by atoms with Gasteiger partial charge in [0.2, 0.25) is 5.91 Å². The Kier molecular flexibility index (Phi) is 5.98. The van der Waals surface area contributed by atoms with Gasteiger partial charge in [-0.2, -0.15) is 0 Å². The third kappa shape index (κ3) is 5.29. The average molecular weight is 191 g/mol. The maximum absolute atomic E-state index is 10.9. The van der Waals surface area contributed by atoms with Crippen molar-refractivity contribution in [3.05, 3.63) is 0 Å². The number of carbonyl (C=O) groups is 1. The van der Waals surface area contributed by atoms with Crippen LogP contribution >= 0.6 is 0 Å². The summed E-state index contributed by atoms with van der Waals surface area (Å²) < 4.78 is 10.9. The molecule has 0 fully saturated rings. The highest BCUT2D eigenvalue weighted by Crippen LogP contribution is 1.97. The number of rotatable bonds is 5. The molecule has 2 atom stereocenters. The van der Waals surface area contributed by atoms with Crippen molar-refractivity contribution in [2.75, 3.05) is 12.8 Å². The Labute approximate surface area is 76.4 Å². The van der Waals surface area contributed by atoms with E-state index in [4.69, 9.17) is 0 Å². The van der Waals surface area contributed by atoms with Crippen molar-refractivity contribution in [3.8, 4) is 0 Å². The molecule has 2 unspecified atom stereocenters. The summed E-state index contributed by atoms with van der Waals surface area (Å²) in [5.74, 6) is 0.0593. The SMILES string of the molecule is CCC(=O)NCCC(C)S(C)=O. The van der Waals surface area contributed by atoms with Gasteiger partial charge in [0.1, 0.15) is 0 Å². The second-order valence-corrected chi connectivity index (χ2v) is 4.60. The Morgan fingerprint density at radius 2 is 2.17 bits per heavy atom. The lowest BCUT2D eigenvalue weighted by molar-refractivity contribution is -0.120. The van der Waals surface area contributed by atoms with Crippen LogP contribution in [0.4, 0.5) is 0 Å². The number of hydrogen-bond acceptors (Lipinski definition) is 2. The molecule has 0 spiro atoms. The van der Waals surface area contributed by atoms with E-state index in [0.29, 0.717) is 13.0 Å². The summed E-state index contributed by atoms with van der Waals surface area (Å²) in [5, 5.41) is 2.91. The topological polar surface area (TPSA) is 46.2 Å². The Morgan fingerprint density at radius 1 is 1.58 bits per heavy atom. The molecule has 0 bridgehead atoms. The van der Waals surface area contributed by atoms with E-state index in [1.54, 1.807) is 6.26 Å². The van der Waals surface area contributed by atoms with Crippen LogP contribution in [0.25, 0.3) is 0 Å². The largest absolute Gasteiger partial charge is 0.356 e. The van der Waals surface area contributed by atoms with Crippen LogP contribution in [0.2, 0.25) is 0 Å². The molecule has 1 N–H and O–H groups in total. The molecule has 0 saturated carbocycles. The van der Waals surface area contributed by atoms with Crippen LogP contribution in [0.3, 0.4) is 0 Å². The van der Waals surface area contributed by atoms with Gasteiger partial charge < -0.3 is 5.32 Å². The Hall–Kier alpha value is -0.380. The number of nitrogens with one attached hydrogen (secondary N) is 1. The second kappa shape index (κ2) is 6.17. The van der Waals surface area contributed by atoms with Crippen molar-refractivity contribution in [1.82, 2.24) is 5.32 Å². The summed E-state index contributed by atoms with van der Waals surface area (Å²) in [5.41, 5.74) is 0. The first-order chi connectivity index (χ1) is 5.57. The molecule has 0 aliphatic rings. The van der Waals surface area contributed by atoms with Gasteiger partial charge in [-0.05, 0) is 6.42 Å². The van der Waals surface area contributed by atoms with Crippen molar-refractivity contribution in [2.24, 2.45) is 0 Å². The van der Waals surface area contributed by atoms with Gasteiger partial charge >= 0.3 is 0 Å². The second-order valence-electron chi connectivity index (χ2n) is 2.80. The van der Waals surface area contributed by atoms with Crippen LogP contribution in [0.15, 0.2) is 0 Å². The average Bonchev–Trinajstić information content (AvgIpc) is 2.03. The molecule has 0 saturated heterocycles. The van der Waals surface area contributed by atoms with E-state index in [-0.39, 0.29) is 11.2 Å². The zero-order chi connectivity index (χ0) is 9.56. The van der Waals surface area contributed by atoms with E-state index in [9.17, 15) is 9.00 Å². The molecule has 0 aliphatic heterocycles. The Morgan fingerprint density at radius 3 is 2.58 bits per heavy atom. The minimum atomic E-state index is -0.778. The van der Waals surface area contributed by atoms with E-state index in [1.807, 2.05) is 13.8 Å². The lowest BCUT2D eigenvalue weighted by Gasteiger charge is -2.08. The molecule has 0 aromatic heterocycles. The molecule has 12 heavy (non-hydrogen) atoms. The van der Waals surface area contributed by atoms with Crippen LogP contribution in [0.1, 0.15) is 26.7 Å². The molecule has 0 aliphatic carbocycles. The maximum atomic E-state index is 10.9. The summed E-state index contributed by atoms with van der Waals surface area (Å²) in [6.07, 6.45) is 2.99. The van der Waals surface area contributed by atoms with Gasteiger partial charge in [-0.1, -0.05) is 13.8 Å². The standard InChI is InChI=1S/C8H17NO2S/c1-4-8(10)9-6-5-7(2)12(3)11/h7H,4-6H2,1-3H3,(H,9,10). The third-order valence-electron chi connectivity index (χ3n) is 1.76. The van der Waals surface area contributed by atoms with Crippen LogP contribution in [-0.4, -0.2) is 28.2 Å². The highest BCUT2D eigenvalue weighted by atomic mass is 32.2. The zero-order valence-corrected chi connectivity index (χ0v) is 8.74. The van der Waals surface area contributed by atoms with Gasteiger partial charge in [0.15, 0.2) is 0 Å². The van der Waals surface area contributed by atoms with E-state index >= 15 is 0 Å². The fourth-order valence-corrected chi connectivity index (χ4v) is 1.16. The lowest BCUT2D eigenvalue weighted by atomic mass is 10.3. The number of amides is 1. The highest BCUT2D eigenvalue weighted by Gasteiger charge is 2.05. The molecule has 0 radical (unpaired) electrons. The molecule has 0 aromatic rings. The van der Waals surface area contributed by atoms with E-state index < -0.39 is 10.8 Å². The van der Waals surface area contributed by atoms with Crippen molar-refractivity contribution in [2.45, 2.75) is 31.9 Å². The van der Waals surface area contributed by atoms with Gasteiger partial charge in [-0.3, -0.25) is 9.00 Å². The number of hydrogen-bond donors (Lipinski definition) is 1. The minimum absolute atomic E-state index is 0.0593. The first kappa shape index (κ1) is 11.6. The molecule has 0 rings (SSSR count). The third-order valence-corrected chi connectivity index (χ3v) is 3.13. The summed E-state index contributed by atoms with van der Waals surface area (Å²) in [4.78, 5) is 10.8. The van der Waals surface area contributed by atoms with Crippen molar-refractivity contribution >= 4 is 16.7 Å². The summed E-state index contributed by atoms with van der Waals surface area (Å²) in [6.45, 7) is 4.37. The fourth-order valence-electron chi connectivity index (χ4n) is 0.706. The summed E-state index contributed by atoms with van der Waals surface area (Å²) in [6, 6.07) is 0. The van der Waals surface area contributed by atoms with Crippen LogP contribution < -0.4 is 5.32 Å². The van der Waals surface area contributed by atoms with Crippen LogP contribution in [0, 0.1) is 0 Å². The molecule has 0 aromatic carbocycles. The molecule has 72 valence electrons. The van der Waals surface area contributed by atoms with Gasteiger partial charge in [0, 0.05) is 35.3 Å². The molecule has 4 heteroatoms. The molecular weight excluding hydrogens is 174 g/mol. The predicted molar refractivity (Wildman–Crippen MR) is 51.4 cm³/mol. The molecule has 0 heterocycles. The first-order valence-electron chi connectivity index (χ1n) is 4.16. The Balaban J connectivity index is 3.43. The normalized spacial score (nSPS) is 15.2. The molecular formula is C8H17NO2S. The van der Waals surface area contributed by atoms with Gasteiger partial charge in [0.05, 0.1) is 0 Å². The summed E-state index contributed by atoms with van der Waals surface area (Å²) >= 11 is 0. The van der Waals surface area contributed by atoms with E-state index in [1.165, 1.54) is 0 Å². The van der Waals surface area contributed by atoms with Gasteiger partial charge in [-0.25, -0.2) is 0 Å². The molecule has 3 nitrogen and oxygen atoms in total. The fraction of sp³-hybridized carbons (Fsp3) is 0.875. The predicted octanol–water partition coefficient (Wildman–Crippen LogP) is 0.670. The van der Waals surface area contributed by atoms with Crippen molar-refractivity contribution in [1.29, 1.82) is 0 Å². The highest BCUT2D eigenvalue weighted by molar-refractivity contribution is 7.84. The summed E-state index contributed by atoms with van der Waals surface area (Å²) in [7, 11) is -0.778. The first-order valence-corrected chi connectivity index (χ1v) is 5.79. The quantitative estimate of drug-likeness (QED) is 0.694.